The molecule has 418 valence electrons. The Kier molecular flexibility index (Phi) is 59.0. The Bertz CT molecular complexity index is 1150. The summed E-state index contributed by atoms with van der Waals surface area (Å²) >= 11 is 0. The van der Waals surface area contributed by atoms with Gasteiger partial charge < -0.3 is 20.3 Å². The molecule has 0 aromatic heterocycles. The Labute approximate surface area is 443 Å². The van der Waals surface area contributed by atoms with Gasteiger partial charge in [-0.15, -0.1) is 0 Å². The standard InChI is InChI=1S/C65H123NO5/c1-3-5-7-9-11-13-15-17-18-19-20-21-22-23-25-28-31-34-37-41-45-49-53-57-63(68)62(61-67)66-64(69)58-54-50-46-42-38-35-32-29-26-24-27-30-33-36-40-44-48-52-56-60-71-65(70)59-55-51-47-43-39-16-14-12-10-8-6-4-2/h12,14,30,33,36,40,62-63,67-68H,3-11,13,15-29,31-32,34-35,37-39,41-61H2,1-2H3,(H,66,69)/b14-12-,33-30-,40-36-. The minimum absolute atomic E-state index is 0.0231. The summed E-state index contributed by atoms with van der Waals surface area (Å²) in [6, 6.07) is -0.551. The lowest BCUT2D eigenvalue weighted by atomic mass is 10.0. The zero-order valence-electron chi connectivity index (χ0n) is 47.7. The van der Waals surface area contributed by atoms with Gasteiger partial charge in [0.2, 0.25) is 5.91 Å². The van der Waals surface area contributed by atoms with Crippen molar-refractivity contribution in [2.24, 2.45) is 0 Å². The molecule has 2 unspecified atom stereocenters. The highest BCUT2D eigenvalue weighted by molar-refractivity contribution is 5.76. The van der Waals surface area contributed by atoms with Crippen LogP contribution in [0.2, 0.25) is 0 Å². The summed E-state index contributed by atoms with van der Waals surface area (Å²) < 4.78 is 5.44. The van der Waals surface area contributed by atoms with E-state index in [4.69, 9.17) is 4.74 Å². The third-order valence-electron chi connectivity index (χ3n) is 14.7. The van der Waals surface area contributed by atoms with Crippen LogP contribution in [0, 0.1) is 0 Å². The third kappa shape index (κ3) is 57.2. The summed E-state index contributed by atoms with van der Waals surface area (Å²) in [7, 11) is 0. The minimum atomic E-state index is -0.673. The molecule has 6 nitrogen and oxygen atoms in total. The second-order valence-electron chi connectivity index (χ2n) is 21.8. The van der Waals surface area contributed by atoms with Crippen LogP contribution in [0.5, 0.6) is 0 Å². The van der Waals surface area contributed by atoms with E-state index in [1.807, 2.05) is 0 Å². The average molecular weight is 999 g/mol. The van der Waals surface area contributed by atoms with Gasteiger partial charge in [-0.2, -0.15) is 0 Å². The molecule has 0 aromatic carbocycles. The van der Waals surface area contributed by atoms with Gasteiger partial charge in [0.1, 0.15) is 0 Å². The first-order valence-corrected chi connectivity index (χ1v) is 31.8. The SMILES string of the molecule is CCCCC/C=C\CCCCCCCC(=O)OCCCCC/C=C\C=C/CCCCCCCCCCCCC(=O)NC(CO)C(O)CCCCCCCCCCCCCCCCCCCCCCCCC. The van der Waals surface area contributed by atoms with Gasteiger partial charge in [0.05, 0.1) is 25.4 Å². The third-order valence-corrected chi connectivity index (χ3v) is 14.7. The van der Waals surface area contributed by atoms with Crippen LogP contribution in [0.1, 0.15) is 341 Å². The molecule has 0 spiro atoms. The molecule has 0 bridgehead atoms. The number of nitrogens with one attached hydrogen (secondary N) is 1. The van der Waals surface area contributed by atoms with E-state index < -0.39 is 12.1 Å². The van der Waals surface area contributed by atoms with E-state index in [2.05, 4.69) is 55.6 Å². The Morgan fingerprint density at radius 1 is 0.394 bits per heavy atom. The number of allylic oxidation sites excluding steroid dienone is 6. The van der Waals surface area contributed by atoms with Gasteiger partial charge >= 0.3 is 5.97 Å². The molecule has 3 N–H and O–H groups in total. The fourth-order valence-electron chi connectivity index (χ4n) is 9.80. The highest BCUT2D eigenvalue weighted by Gasteiger charge is 2.20. The van der Waals surface area contributed by atoms with Crippen molar-refractivity contribution < 1.29 is 24.5 Å². The number of aliphatic hydroxyl groups excluding tert-OH is 2. The van der Waals surface area contributed by atoms with Crippen molar-refractivity contribution in [3.63, 3.8) is 0 Å². The van der Waals surface area contributed by atoms with Crippen LogP contribution in [0.4, 0.5) is 0 Å². The predicted octanol–water partition coefficient (Wildman–Crippen LogP) is 20.0. The van der Waals surface area contributed by atoms with E-state index in [9.17, 15) is 19.8 Å². The number of aliphatic hydroxyl groups is 2. The van der Waals surface area contributed by atoms with Crippen LogP contribution in [0.15, 0.2) is 36.5 Å². The molecule has 0 fully saturated rings. The average Bonchev–Trinajstić information content (AvgIpc) is 3.37. The molecule has 0 aliphatic rings. The van der Waals surface area contributed by atoms with Gasteiger partial charge in [0, 0.05) is 12.8 Å². The Balaban J connectivity index is 3.48. The number of unbranched alkanes of at least 4 members (excludes halogenated alkanes) is 43. The van der Waals surface area contributed by atoms with Crippen LogP contribution >= 0.6 is 0 Å². The van der Waals surface area contributed by atoms with Crippen LogP contribution in [-0.2, 0) is 14.3 Å². The van der Waals surface area contributed by atoms with E-state index >= 15 is 0 Å². The summed E-state index contributed by atoms with van der Waals surface area (Å²) in [5, 5.41) is 23.4. The lowest BCUT2D eigenvalue weighted by Gasteiger charge is -2.22. The normalized spacial score (nSPS) is 12.8. The molecule has 0 saturated carbocycles. The van der Waals surface area contributed by atoms with Gasteiger partial charge in [-0.05, 0) is 83.5 Å². The molecule has 71 heavy (non-hydrogen) atoms. The topological polar surface area (TPSA) is 95.9 Å². The first-order valence-electron chi connectivity index (χ1n) is 31.8. The Morgan fingerprint density at radius 3 is 1.11 bits per heavy atom. The number of esters is 1. The second kappa shape index (κ2) is 60.6. The van der Waals surface area contributed by atoms with Crippen molar-refractivity contribution in [2.75, 3.05) is 13.2 Å². The molecule has 6 heteroatoms. The summed E-state index contributed by atoms with van der Waals surface area (Å²) in [5.41, 5.74) is 0. The number of carbonyl (C=O) groups is 2. The Morgan fingerprint density at radius 2 is 0.704 bits per heavy atom. The molecule has 0 radical (unpaired) electrons. The van der Waals surface area contributed by atoms with E-state index in [-0.39, 0.29) is 18.5 Å². The highest BCUT2D eigenvalue weighted by atomic mass is 16.5. The molecular formula is C65H123NO5. The van der Waals surface area contributed by atoms with Crippen molar-refractivity contribution >= 4 is 11.9 Å². The number of hydrogen-bond acceptors (Lipinski definition) is 5. The quantitative estimate of drug-likeness (QED) is 0.0244. The predicted molar refractivity (Wildman–Crippen MR) is 310 cm³/mol. The lowest BCUT2D eigenvalue weighted by Crippen LogP contribution is -2.45. The molecule has 0 rings (SSSR count). The lowest BCUT2D eigenvalue weighted by molar-refractivity contribution is -0.143. The van der Waals surface area contributed by atoms with E-state index in [0.29, 0.717) is 25.9 Å². The maximum absolute atomic E-state index is 12.5. The van der Waals surface area contributed by atoms with Gasteiger partial charge in [-0.25, -0.2) is 0 Å². The van der Waals surface area contributed by atoms with Gasteiger partial charge in [-0.3, -0.25) is 9.59 Å². The van der Waals surface area contributed by atoms with Crippen molar-refractivity contribution in [3.05, 3.63) is 36.5 Å². The summed E-state index contributed by atoms with van der Waals surface area (Å²) in [5.74, 6) is -0.0650. The molecule has 1 amide bonds. The fourth-order valence-corrected chi connectivity index (χ4v) is 9.80. The smallest absolute Gasteiger partial charge is 0.305 e. The zero-order chi connectivity index (χ0) is 51.4. The molecule has 0 aliphatic heterocycles. The van der Waals surface area contributed by atoms with E-state index in [1.54, 1.807) is 0 Å². The maximum atomic E-state index is 12.5. The van der Waals surface area contributed by atoms with Gasteiger partial charge in [-0.1, -0.05) is 281 Å². The summed E-state index contributed by atoms with van der Waals surface area (Å²) in [6.07, 6.45) is 75.9. The fraction of sp³-hybridized carbons (Fsp3) is 0.877. The second-order valence-corrected chi connectivity index (χ2v) is 21.8. The number of rotatable bonds is 59. The first-order chi connectivity index (χ1) is 35.0. The van der Waals surface area contributed by atoms with Gasteiger partial charge in [0.15, 0.2) is 0 Å². The number of ether oxygens (including phenoxy) is 1. The van der Waals surface area contributed by atoms with Gasteiger partial charge in [0.25, 0.3) is 0 Å². The van der Waals surface area contributed by atoms with Crippen LogP contribution in [0.25, 0.3) is 0 Å². The molecular weight excluding hydrogens is 875 g/mol. The minimum Gasteiger partial charge on any atom is -0.466 e. The number of carbonyl (C=O) groups excluding carboxylic acids is 2. The maximum Gasteiger partial charge on any atom is 0.305 e. The first kappa shape index (κ1) is 69.1. The molecule has 0 saturated heterocycles. The van der Waals surface area contributed by atoms with Crippen molar-refractivity contribution in [3.8, 4) is 0 Å². The summed E-state index contributed by atoms with van der Waals surface area (Å²) in [6.45, 7) is 4.90. The highest BCUT2D eigenvalue weighted by Crippen LogP contribution is 2.18. The number of amides is 1. The van der Waals surface area contributed by atoms with Crippen LogP contribution < -0.4 is 5.32 Å². The molecule has 0 aliphatic carbocycles. The molecule has 2 atom stereocenters. The van der Waals surface area contributed by atoms with Crippen molar-refractivity contribution in [1.82, 2.24) is 5.32 Å². The molecule has 0 aromatic rings. The van der Waals surface area contributed by atoms with Crippen molar-refractivity contribution in [2.45, 2.75) is 353 Å². The van der Waals surface area contributed by atoms with Crippen LogP contribution in [-0.4, -0.2) is 47.4 Å². The zero-order valence-corrected chi connectivity index (χ0v) is 47.7. The monoisotopic (exact) mass is 998 g/mol. The largest absolute Gasteiger partial charge is 0.466 e. The summed E-state index contributed by atoms with van der Waals surface area (Å²) in [4.78, 5) is 24.5. The molecule has 0 heterocycles. The van der Waals surface area contributed by atoms with E-state index in [0.717, 1.165) is 70.6 Å². The Hall–Kier alpha value is -1.92. The van der Waals surface area contributed by atoms with Crippen LogP contribution in [0.3, 0.4) is 0 Å². The van der Waals surface area contributed by atoms with E-state index in [1.165, 1.54) is 238 Å². The van der Waals surface area contributed by atoms with Crippen molar-refractivity contribution in [1.29, 1.82) is 0 Å². The number of hydrogen-bond donors (Lipinski definition) is 3.